The summed E-state index contributed by atoms with van der Waals surface area (Å²) in [5, 5.41) is 7.93. The molecule has 25 heavy (non-hydrogen) atoms. The van der Waals surface area contributed by atoms with E-state index < -0.39 is 0 Å². The van der Waals surface area contributed by atoms with Gasteiger partial charge in [-0.3, -0.25) is 4.57 Å². The highest BCUT2D eigenvalue weighted by Gasteiger charge is 2.31. The van der Waals surface area contributed by atoms with Crippen LogP contribution in [0.25, 0.3) is 0 Å². The van der Waals surface area contributed by atoms with Crippen LogP contribution in [0.2, 0.25) is 0 Å². The van der Waals surface area contributed by atoms with Crippen LogP contribution in [-0.4, -0.2) is 25.9 Å². The summed E-state index contributed by atoms with van der Waals surface area (Å²) in [6.07, 6.45) is 6.06. The third-order valence-corrected chi connectivity index (χ3v) is 6.55. The molecular weight excluding hydrogens is 336 g/mol. The van der Waals surface area contributed by atoms with Crippen LogP contribution in [0.1, 0.15) is 74.5 Å². The van der Waals surface area contributed by atoms with Crippen LogP contribution in [0.5, 0.6) is 0 Å². The highest BCUT2D eigenvalue weighted by molar-refractivity contribution is 7.09. The van der Waals surface area contributed by atoms with Crippen LogP contribution < -0.4 is 5.69 Å². The van der Waals surface area contributed by atoms with Gasteiger partial charge in [-0.05, 0) is 32.1 Å². The maximum atomic E-state index is 12.7. The number of hydrogen-bond donors (Lipinski definition) is 0. The van der Waals surface area contributed by atoms with Gasteiger partial charge >= 0.3 is 5.69 Å². The molecule has 7 heteroatoms. The number of aromatic nitrogens is 4. The lowest BCUT2D eigenvalue weighted by Gasteiger charge is -2.13. The summed E-state index contributed by atoms with van der Waals surface area (Å²) >= 11 is 1.73. The van der Waals surface area contributed by atoms with Crippen molar-refractivity contribution in [2.45, 2.75) is 71.1 Å². The maximum Gasteiger partial charge on any atom is 0.346 e. The Labute approximate surface area is 151 Å². The van der Waals surface area contributed by atoms with E-state index in [2.05, 4.69) is 17.4 Å². The Morgan fingerprint density at radius 3 is 2.80 bits per heavy atom. The van der Waals surface area contributed by atoms with Gasteiger partial charge in [-0.2, -0.15) is 5.10 Å². The molecule has 6 nitrogen and oxygen atoms in total. The zero-order valence-corrected chi connectivity index (χ0v) is 15.8. The lowest BCUT2D eigenvalue weighted by molar-refractivity contribution is 0.0836. The molecule has 3 heterocycles. The fraction of sp³-hybridized carbons (Fsp3) is 0.722. The van der Waals surface area contributed by atoms with E-state index in [1.807, 2.05) is 6.92 Å². The number of rotatable bonds is 5. The van der Waals surface area contributed by atoms with E-state index in [1.54, 1.807) is 20.6 Å². The number of nitrogens with zero attached hydrogens (tertiary/aromatic N) is 4. The van der Waals surface area contributed by atoms with Gasteiger partial charge in [-0.25, -0.2) is 14.5 Å². The van der Waals surface area contributed by atoms with Crippen LogP contribution in [-0.2, 0) is 17.8 Å². The van der Waals surface area contributed by atoms with Crippen LogP contribution in [0.4, 0.5) is 0 Å². The van der Waals surface area contributed by atoms with Crippen LogP contribution in [0.15, 0.2) is 10.2 Å². The molecule has 0 spiro atoms. The molecule has 0 aromatic carbocycles. The lowest BCUT2D eigenvalue weighted by Crippen LogP contribution is -2.26. The Hall–Kier alpha value is -1.47. The average molecular weight is 362 g/mol. The fourth-order valence-corrected chi connectivity index (χ4v) is 4.99. The second-order valence-corrected chi connectivity index (χ2v) is 8.15. The third kappa shape index (κ3) is 3.19. The summed E-state index contributed by atoms with van der Waals surface area (Å²) in [5.74, 6) is 1.78. The molecule has 4 rings (SSSR count). The van der Waals surface area contributed by atoms with Gasteiger partial charge in [0.2, 0.25) is 0 Å². The van der Waals surface area contributed by atoms with E-state index in [0.29, 0.717) is 24.9 Å². The van der Waals surface area contributed by atoms with Crippen LogP contribution in [0.3, 0.4) is 0 Å². The molecule has 1 saturated heterocycles. The molecule has 136 valence electrons. The molecule has 2 aromatic heterocycles. The smallest absolute Gasteiger partial charge is 0.346 e. The molecule has 0 amide bonds. The predicted octanol–water partition coefficient (Wildman–Crippen LogP) is 3.32. The maximum absolute atomic E-state index is 12.7. The molecule has 2 fully saturated rings. The van der Waals surface area contributed by atoms with E-state index in [1.165, 1.54) is 30.7 Å². The first-order chi connectivity index (χ1) is 12.2. The quantitative estimate of drug-likeness (QED) is 0.818. The van der Waals surface area contributed by atoms with Crippen molar-refractivity contribution in [1.82, 2.24) is 19.3 Å². The van der Waals surface area contributed by atoms with Gasteiger partial charge in [0.15, 0.2) is 5.82 Å². The minimum absolute atomic E-state index is 0.0596. The van der Waals surface area contributed by atoms with Crippen molar-refractivity contribution in [2.75, 3.05) is 6.61 Å². The second kappa shape index (κ2) is 7.03. The number of ether oxygens (including phenoxy) is 1. The van der Waals surface area contributed by atoms with Crippen molar-refractivity contribution >= 4 is 11.3 Å². The Morgan fingerprint density at radius 1 is 1.32 bits per heavy atom. The van der Waals surface area contributed by atoms with E-state index in [4.69, 9.17) is 9.72 Å². The monoisotopic (exact) mass is 362 g/mol. The summed E-state index contributed by atoms with van der Waals surface area (Å²) in [6.45, 7) is 5.95. The predicted molar refractivity (Wildman–Crippen MR) is 97.1 cm³/mol. The largest absolute Gasteiger partial charge is 0.370 e. The molecule has 0 radical (unpaired) electrons. The summed E-state index contributed by atoms with van der Waals surface area (Å²) in [6, 6.07) is 0. The minimum Gasteiger partial charge on any atom is -0.370 e. The van der Waals surface area contributed by atoms with Gasteiger partial charge in [0, 0.05) is 24.4 Å². The summed E-state index contributed by atoms with van der Waals surface area (Å²) < 4.78 is 9.14. The molecular formula is C18H26N4O2S. The van der Waals surface area contributed by atoms with Crippen molar-refractivity contribution in [2.24, 2.45) is 5.92 Å². The molecule has 0 unspecified atom stereocenters. The van der Waals surface area contributed by atoms with E-state index in [0.717, 1.165) is 24.5 Å². The second-order valence-electron chi connectivity index (χ2n) is 7.26. The van der Waals surface area contributed by atoms with E-state index in [-0.39, 0.29) is 11.8 Å². The first kappa shape index (κ1) is 17.0. The molecule has 2 aliphatic rings. The zero-order chi connectivity index (χ0) is 17.4. The first-order valence-electron chi connectivity index (χ1n) is 9.40. The van der Waals surface area contributed by atoms with Crippen molar-refractivity contribution in [3.8, 4) is 0 Å². The summed E-state index contributed by atoms with van der Waals surface area (Å²) in [7, 11) is 0. The molecule has 0 bridgehead atoms. The topological polar surface area (TPSA) is 61.9 Å². The van der Waals surface area contributed by atoms with E-state index in [9.17, 15) is 4.79 Å². The van der Waals surface area contributed by atoms with E-state index >= 15 is 0 Å². The average Bonchev–Trinajstić information content (AvgIpc) is 3.36. The Kier molecular flexibility index (Phi) is 4.78. The third-order valence-electron chi connectivity index (χ3n) is 5.50. The van der Waals surface area contributed by atoms with Gasteiger partial charge in [0.25, 0.3) is 0 Å². The van der Waals surface area contributed by atoms with Crippen LogP contribution >= 0.6 is 11.3 Å². The standard InChI is InChI=1S/C18H26N4O2S/c1-3-21-16(15-12(2)8-9-24-15)20-22(18(21)23)10-14-11-25-17(19-14)13-6-4-5-7-13/h11-13,15H,3-10H2,1-2H3/t12-,15+/m1/s1. The Balaban J connectivity index is 1.58. The van der Waals surface area contributed by atoms with Crippen molar-refractivity contribution in [3.63, 3.8) is 0 Å². The molecule has 2 atom stereocenters. The summed E-state index contributed by atoms with van der Waals surface area (Å²) in [5.41, 5.74) is 0.886. The Morgan fingerprint density at radius 2 is 2.12 bits per heavy atom. The minimum atomic E-state index is -0.0709. The molecule has 0 N–H and O–H groups in total. The first-order valence-corrected chi connectivity index (χ1v) is 10.3. The van der Waals surface area contributed by atoms with Gasteiger partial charge in [-0.15, -0.1) is 11.3 Å². The Bertz CT molecular complexity index is 787. The lowest BCUT2D eigenvalue weighted by atomic mass is 10.0. The van der Waals surface area contributed by atoms with Gasteiger partial charge < -0.3 is 4.74 Å². The van der Waals surface area contributed by atoms with Gasteiger partial charge in [-0.1, -0.05) is 19.8 Å². The molecule has 1 saturated carbocycles. The van der Waals surface area contributed by atoms with Crippen molar-refractivity contribution in [3.05, 3.63) is 32.4 Å². The van der Waals surface area contributed by atoms with Gasteiger partial charge in [0.1, 0.15) is 6.10 Å². The van der Waals surface area contributed by atoms with Crippen molar-refractivity contribution < 1.29 is 4.74 Å². The SMILES string of the molecule is CCn1c([C@H]2OCC[C@H]2C)nn(Cc2csc(C3CCCC3)n2)c1=O. The highest BCUT2D eigenvalue weighted by atomic mass is 32.1. The molecule has 2 aromatic rings. The highest BCUT2D eigenvalue weighted by Crippen LogP contribution is 2.36. The van der Waals surface area contributed by atoms with Crippen molar-refractivity contribution in [1.29, 1.82) is 0 Å². The molecule has 1 aliphatic heterocycles. The molecule has 1 aliphatic carbocycles. The summed E-state index contributed by atoms with van der Waals surface area (Å²) in [4.78, 5) is 17.5. The zero-order valence-electron chi connectivity index (χ0n) is 15.0. The number of hydrogen-bond acceptors (Lipinski definition) is 5. The normalized spacial score (nSPS) is 24.4. The number of thiazole rings is 1. The fourth-order valence-electron chi connectivity index (χ4n) is 4.00. The van der Waals surface area contributed by atoms with Gasteiger partial charge in [0.05, 0.1) is 17.2 Å². The van der Waals surface area contributed by atoms with Crippen LogP contribution in [0, 0.1) is 5.92 Å².